The van der Waals surface area contributed by atoms with Gasteiger partial charge in [0, 0.05) is 18.8 Å². The summed E-state index contributed by atoms with van der Waals surface area (Å²) in [4.78, 5) is 14.2. The molecule has 1 aromatic carbocycles. The van der Waals surface area contributed by atoms with E-state index in [1.54, 1.807) is 24.3 Å². The lowest BCUT2D eigenvalue weighted by Gasteiger charge is -2.22. The molecule has 1 rings (SSSR count). The third-order valence-corrected chi connectivity index (χ3v) is 4.52. The van der Waals surface area contributed by atoms with Gasteiger partial charge in [-0.2, -0.15) is 5.26 Å². The van der Waals surface area contributed by atoms with Gasteiger partial charge in [0.05, 0.1) is 16.9 Å². The molecule has 0 aromatic heterocycles. The Balaban J connectivity index is 2.58. The second-order valence-electron chi connectivity index (χ2n) is 4.38. The molecular weight excluding hydrogens is 302 g/mol. The zero-order valence-electron chi connectivity index (χ0n) is 12.4. The molecule has 0 fully saturated rings. The van der Waals surface area contributed by atoms with E-state index >= 15 is 0 Å². The summed E-state index contributed by atoms with van der Waals surface area (Å²) in [6.45, 7) is 7.59. The van der Waals surface area contributed by atoms with E-state index in [1.165, 1.54) is 11.8 Å². The zero-order chi connectivity index (χ0) is 15.8. The molecule has 0 saturated carbocycles. The highest BCUT2D eigenvalue weighted by Crippen LogP contribution is 2.18. The normalized spacial score (nSPS) is 11.3. The molecule has 0 spiro atoms. The van der Waals surface area contributed by atoms with Gasteiger partial charge in [0.15, 0.2) is 0 Å². The van der Waals surface area contributed by atoms with Gasteiger partial charge in [0.1, 0.15) is 4.32 Å². The molecule has 0 unspecified atom stereocenters. The van der Waals surface area contributed by atoms with Crippen LogP contribution in [0.4, 0.5) is 5.69 Å². The third-order valence-electron chi connectivity index (χ3n) is 2.95. The number of hydrogen-bond donors (Lipinski definition) is 1. The van der Waals surface area contributed by atoms with Crippen LogP contribution in [-0.2, 0) is 4.79 Å². The van der Waals surface area contributed by atoms with Gasteiger partial charge in [-0.3, -0.25) is 4.79 Å². The molecule has 0 aliphatic rings. The predicted molar refractivity (Wildman–Crippen MR) is 92.4 cm³/mol. The van der Waals surface area contributed by atoms with E-state index in [1.807, 2.05) is 31.7 Å². The minimum Gasteiger partial charge on any atom is -0.358 e. The molecule has 21 heavy (non-hydrogen) atoms. The second kappa shape index (κ2) is 8.65. The first-order valence-electron chi connectivity index (χ1n) is 6.78. The number of carbonyl (C=O) groups is 1. The van der Waals surface area contributed by atoms with E-state index in [9.17, 15) is 4.79 Å². The predicted octanol–water partition coefficient (Wildman–Crippen LogP) is 3.25. The van der Waals surface area contributed by atoms with Crippen LogP contribution in [0.1, 0.15) is 26.3 Å². The summed E-state index contributed by atoms with van der Waals surface area (Å²) >= 11 is 6.72. The van der Waals surface area contributed by atoms with Gasteiger partial charge >= 0.3 is 0 Å². The molecule has 0 bridgehead atoms. The molecule has 4 nitrogen and oxygen atoms in total. The molecule has 0 radical (unpaired) electrons. The second-order valence-corrected chi connectivity index (χ2v) is 6.35. The van der Waals surface area contributed by atoms with Crippen molar-refractivity contribution in [3.8, 4) is 6.07 Å². The van der Waals surface area contributed by atoms with Crippen LogP contribution in [0.3, 0.4) is 0 Å². The fourth-order valence-corrected chi connectivity index (χ4v) is 3.20. The lowest BCUT2D eigenvalue weighted by Crippen LogP contribution is -2.31. The van der Waals surface area contributed by atoms with Gasteiger partial charge in [-0.25, -0.2) is 0 Å². The van der Waals surface area contributed by atoms with Crippen LogP contribution in [0.5, 0.6) is 0 Å². The molecule has 1 amide bonds. The highest BCUT2D eigenvalue weighted by Gasteiger charge is 2.18. The first-order chi connectivity index (χ1) is 10.0. The topological polar surface area (TPSA) is 56.1 Å². The van der Waals surface area contributed by atoms with Crippen LogP contribution in [0.25, 0.3) is 0 Å². The number of hydrogen-bond acceptors (Lipinski definition) is 4. The number of anilines is 1. The minimum atomic E-state index is -0.270. The quantitative estimate of drug-likeness (QED) is 0.844. The van der Waals surface area contributed by atoms with Crippen LogP contribution in [-0.4, -0.2) is 33.5 Å². The number of nitrogens with one attached hydrogen (secondary N) is 1. The van der Waals surface area contributed by atoms with E-state index in [0.29, 0.717) is 11.3 Å². The Bertz CT molecular complexity index is 533. The fraction of sp³-hybridized carbons (Fsp3) is 0.400. The van der Waals surface area contributed by atoms with Crippen LogP contribution in [0.2, 0.25) is 0 Å². The highest BCUT2D eigenvalue weighted by molar-refractivity contribution is 8.23. The van der Waals surface area contributed by atoms with Crippen molar-refractivity contribution in [3.63, 3.8) is 0 Å². The Hall–Kier alpha value is -1.58. The van der Waals surface area contributed by atoms with Gasteiger partial charge in [-0.1, -0.05) is 24.0 Å². The van der Waals surface area contributed by atoms with E-state index in [0.717, 1.165) is 17.4 Å². The number of benzene rings is 1. The van der Waals surface area contributed by atoms with Crippen LogP contribution < -0.4 is 5.32 Å². The molecule has 0 heterocycles. The molecule has 112 valence electrons. The number of amides is 1. The fourth-order valence-electron chi connectivity index (χ4n) is 1.63. The van der Waals surface area contributed by atoms with Crippen molar-refractivity contribution in [2.24, 2.45) is 0 Å². The van der Waals surface area contributed by atoms with Crippen molar-refractivity contribution in [1.29, 1.82) is 5.26 Å². The monoisotopic (exact) mass is 321 g/mol. The van der Waals surface area contributed by atoms with Crippen molar-refractivity contribution in [3.05, 3.63) is 29.8 Å². The Morgan fingerprint density at radius 2 is 1.95 bits per heavy atom. The standard InChI is InChI=1S/C15H19N3OS2/c1-4-18(5-2)15(20)21-11(3)14(19)17-13-8-6-12(10-16)7-9-13/h6-9,11H,4-5H2,1-3H3,(H,17,19)/t11-/m1/s1. The van der Waals surface area contributed by atoms with E-state index in [-0.39, 0.29) is 11.2 Å². The summed E-state index contributed by atoms with van der Waals surface area (Å²) < 4.78 is 0.738. The van der Waals surface area contributed by atoms with Gasteiger partial charge in [-0.15, -0.1) is 0 Å². The Morgan fingerprint density at radius 1 is 1.38 bits per heavy atom. The average Bonchev–Trinajstić information content (AvgIpc) is 2.49. The lowest BCUT2D eigenvalue weighted by molar-refractivity contribution is -0.115. The van der Waals surface area contributed by atoms with Gasteiger partial charge in [-0.05, 0) is 45.0 Å². The SMILES string of the molecule is CCN(CC)C(=S)S[C@H](C)C(=O)Nc1ccc(C#N)cc1. The van der Waals surface area contributed by atoms with E-state index in [2.05, 4.69) is 5.32 Å². The first kappa shape index (κ1) is 17.5. The number of thioether (sulfide) groups is 1. The maximum absolute atomic E-state index is 12.1. The van der Waals surface area contributed by atoms with E-state index < -0.39 is 0 Å². The third kappa shape index (κ3) is 5.37. The summed E-state index contributed by atoms with van der Waals surface area (Å²) in [6.07, 6.45) is 0. The molecular formula is C15H19N3OS2. The number of nitrogens with zero attached hydrogens (tertiary/aromatic N) is 2. The summed E-state index contributed by atoms with van der Waals surface area (Å²) in [5.74, 6) is -0.0980. The largest absolute Gasteiger partial charge is 0.358 e. The van der Waals surface area contributed by atoms with Crippen molar-refractivity contribution >= 4 is 39.9 Å². The first-order valence-corrected chi connectivity index (χ1v) is 8.07. The molecule has 0 aliphatic heterocycles. The van der Waals surface area contributed by atoms with Crippen molar-refractivity contribution in [2.45, 2.75) is 26.0 Å². The van der Waals surface area contributed by atoms with Crippen molar-refractivity contribution < 1.29 is 4.79 Å². The summed E-state index contributed by atoms with van der Waals surface area (Å²) in [7, 11) is 0. The molecule has 0 saturated heterocycles. The number of rotatable bonds is 5. The maximum atomic E-state index is 12.1. The number of nitriles is 1. The number of carbonyl (C=O) groups excluding carboxylic acids is 1. The van der Waals surface area contributed by atoms with Crippen LogP contribution in [0, 0.1) is 11.3 Å². The summed E-state index contributed by atoms with van der Waals surface area (Å²) in [5, 5.41) is 11.3. The van der Waals surface area contributed by atoms with Gasteiger partial charge in [0.2, 0.25) is 5.91 Å². The maximum Gasteiger partial charge on any atom is 0.237 e. The molecule has 0 aliphatic carbocycles. The minimum absolute atomic E-state index is 0.0980. The zero-order valence-corrected chi connectivity index (χ0v) is 14.1. The van der Waals surface area contributed by atoms with Crippen LogP contribution in [0.15, 0.2) is 24.3 Å². The lowest BCUT2D eigenvalue weighted by atomic mass is 10.2. The summed E-state index contributed by atoms with van der Waals surface area (Å²) in [5.41, 5.74) is 1.25. The Morgan fingerprint density at radius 3 is 2.43 bits per heavy atom. The Kier molecular flexibility index (Phi) is 7.20. The highest BCUT2D eigenvalue weighted by atomic mass is 32.2. The summed E-state index contributed by atoms with van der Waals surface area (Å²) in [6, 6.07) is 8.83. The molecule has 6 heteroatoms. The van der Waals surface area contributed by atoms with E-state index in [4.69, 9.17) is 17.5 Å². The smallest absolute Gasteiger partial charge is 0.237 e. The van der Waals surface area contributed by atoms with Crippen molar-refractivity contribution in [2.75, 3.05) is 18.4 Å². The molecule has 1 N–H and O–H groups in total. The van der Waals surface area contributed by atoms with Gasteiger partial charge in [0.25, 0.3) is 0 Å². The number of thiocarbonyl (C=S) groups is 1. The Labute approximate surface area is 135 Å². The molecule has 1 atom stereocenters. The molecule has 1 aromatic rings. The van der Waals surface area contributed by atoms with Crippen molar-refractivity contribution in [1.82, 2.24) is 4.90 Å². The van der Waals surface area contributed by atoms with Gasteiger partial charge < -0.3 is 10.2 Å². The average molecular weight is 321 g/mol. The van der Waals surface area contributed by atoms with Crippen LogP contribution >= 0.6 is 24.0 Å².